The molecule has 1 aromatic rings. The fraction of sp³-hybridized carbons (Fsp3) is 0.846. The van der Waals surface area contributed by atoms with E-state index in [1.54, 1.807) is 0 Å². The van der Waals surface area contributed by atoms with Gasteiger partial charge in [-0.15, -0.1) is 5.10 Å². The number of aryl methyl sites for hydroxylation is 1. The summed E-state index contributed by atoms with van der Waals surface area (Å²) in [5.41, 5.74) is 1.21. The second-order valence-electron chi connectivity index (χ2n) is 5.83. The summed E-state index contributed by atoms with van der Waals surface area (Å²) in [4.78, 5) is 2.59. The van der Waals surface area contributed by atoms with Crippen LogP contribution in [0, 0.1) is 5.92 Å². The fourth-order valence-corrected chi connectivity index (χ4v) is 3.93. The maximum Gasteiger partial charge on any atom is 0.0755 e. The molecule has 3 heterocycles. The minimum Gasteiger partial charge on any atom is -0.311 e. The highest BCUT2D eigenvalue weighted by Crippen LogP contribution is 2.42. The Morgan fingerprint density at radius 2 is 1.94 bits per heavy atom. The molecule has 5 nitrogen and oxygen atoms in total. The van der Waals surface area contributed by atoms with Crippen molar-refractivity contribution >= 4 is 0 Å². The van der Waals surface area contributed by atoms with E-state index in [9.17, 15) is 0 Å². The lowest BCUT2D eigenvalue weighted by molar-refractivity contribution is 0.112. The van der Waals surface area contributed by atoms with Crippen molar-refractivity contribution in [3.63, 3.8) is 0 Å². The highest BCUT2D eigenvalue weighted by atomic mass is 15.4. The summed E-state index contributed by atoms with van der Waals surface area (Å²) in [6, 6.07) is 1.96. The van der Waals surface area contributed by atoms with E-state index >= 15 is 0 Å². The maximum absolute atomic E-state index is 4.07. The average molecular weight is 249 g/mol. The monoisotopic (exact) mass is 249 g/mol. The van der Waals surface area contributed by atoms with E-state index in [1.165, 1.54) is 31.4 Å². The molecule has 0 aromatic carbocycles. The van der Waals surface area contributed by atoms with Gasteiger partial charge >= 0.3 is 0 Å². The molecule has 18 heavy (non-hydrogen) atoms. The van der Waals surface area contributed by atoms with Crippen molar-refractivity contribution in [1.29, 1.82) is 0 Å². The van der Waals surface area contributed by atoms with Gasteiger partial charge in [0.25, 0.3) is 0 Å². The van der Waals surface area contributed by atoms with Crippen molar-refractivity contribution in [2.45, 2.75) is 43.8 Å². The van der Waals surface area contributed by atoms with Crippen LogP contribution in [0.2, 0.25) is 0 Å². The molecule has 2 aliphatic heterocycles. The first-order valence-electron chi connectivity index (χ1n) is 6.94. The maximum atomic E-state index is 4.07. The largest absolute Gasteiger partial charge is 0.311 e. The second-order valence-corrected chi connectivity index (χ2v) is 5.83. The first-order valence-corrected chi connectivity index (χ1v) is 6.94. The molecule has 2 saturated heterocycles. The number of hydrogen-bond donors (Lipinski definition) is 1. The zero-order valence-electron chi connectivity index (χ0n) is 11.5. The van der Waals surface area contributed by atoms with Crippen LogP contribution < -0.4 is 5.32 Å². The van der Waals surface area contributed by atoms with Crippen LogP contribution in [-0.4, -0.2) is 46.1 Å². The van der Waals surface area contributed by atoms with Crippen LogP contribution >= 0.6 is 0 Å². The van der Waals surface area contributed by atoms with Gasteiger partial charge in [-0.2, -0.15) is 0 Å². The number of rotatable bonds is 3. The zero-order chi connectivity index (χ0) is 12.7. The quantitative estimate of drug-likeness (QED) is 0.866. The number of aromatic nitrogens is 3. The van der Waals surface area contributed by atoms with Crippen LogP contribution in [0.25, 0.3) is 0 Å². The molecule has 0 aliphatic carbocycles. The van der Waals surface area contributed by atoms with Crippen molar-refractivity contribution in [3.05, 3.63) is 11.9 Å². The molecular formula is C13H23N5. The molecule has 0 spiro atoms. The molecule has 5 heteroatoms. The smallest absolute Gasteiger partial charge is 0.0755 e. The standard InChI is InChI=1S/C13H23N5/c1-14-13(12-8-15-16-18(12)3)9-6-10-4-5-11(7-9)17(10)2/h8-11,13-14H,4-7H2,1-3H3. The molecule has 3 atom stereocenters. The van der Waals surface area contributed by atoms with Gasteiger partial charge in [-0.25, -0.2) is 0 Å². The highest BCUT2D eigenvalue weighted by Gasteiger charge is 2.41. The van der Waals surface area contributed by atoms with Crippen molar-refractivity contribution in [2.24, 2.45) is 13.0 Å². The van der Waals surface area contributed by atoms with Crippen LogP contribution in [-0.2, 0) is 7.05 Å². The van der Waals surface area contributed by atoms with E-state index in [-0.39, 0.29) is 0 Å². The molecule has 0 amide bonds. The number of hydrogen-bond acceptors (Lipinski definition) is 4. The molecule has 2 bridgehead atoms. The average Bonchev–Trinajstić information content (AvgIpc) is 2.84. The van der Waals surface area contributed by atoms with Gasteiger partial charge in [0.2, 0.25) is 0 Å². The zero-order valence-corrected chi connectivity index (χ0v) is 11.5. The lowest BCUT2D eigenvalue weighted by Crippen LogP contribution is -2.43. The molecule has 0 radical (unpaired) electrons. The fourth-order valence-electron chi connectivity index (χ4n) is 3.93. The van der Waals surface area contributed by atoms with E-state index < -0.39 is 0 Å². The summed E-state index contributed by atoms with van der Waals surface area (Å²) in [5.74, 6) is 0.709. The summed E-state index contributed by atoms with van der Waals surface area (Å²) < 4.78 is 1.90. The molecule has 1 N–H and O–H groups in total. The molecular weight excluding hydrogens is 226 g/mol. The third-order valence-electron chi connectivity index (χ3n) is 4.99. The van der Waals surface area contributed by atoms with Crippen LogP contribution in [0.1, 0.15) is 37.4 Å². The topological polar surface area (TPSA) is 46.0 Å². The van der Waals surface area contributed by atoms with Crippen LogP contribution in [0.3, 0.4) is 0 Å². The Balaban J connectivity index is 1.80. The summed E-state index contributed by atoms with van der Waals surface area (Å²) in [7, 11) is 6.33. The Morgan fingerprint density at radius 3 is 2.44 bits per heavy atom. The number of nitrogens with zero attached hydrogens (tertiary/aromatic N) is 4. The lowest BCUT2D eigenvalue weighted by atomic mass is 9.84. The summed E-state index contributed by atoms with van der Waals surface area (Å²) >= 11 is 0. The summed E-state index contributed by atoms with van der Waals surface area (Å²) in [5, 5.41) is 11.6. The summed E-state index contributed by atoms with van der Waals surface area (Å²) in [6.07, 6.45) is 7.24. The van der Waals surface area contributed by atoms with Gasteiger partial charge in [-0.3, -0.25) is 4.68 Å². The van der Waals surface area contributed by atoms with E-state index in [4.69, 9.17) is 0 Å². The second kappa shape index (κ2) is 4.63. The van der Waals surface area contributed by atoms with E-state index in [2.05, 4.69) is 34.6 Å². The molecule has 1 aromatic heterocycles. The van der Waals surface area contributed by atoms with Crippen LogP contribution in [0.15, 0.2) is 6.20 Å². The Hall–Kier alpha value is -0.940. The van der Waals surface area contributed by atoms with E-state index in [0.29, 0.717) is 12.0 Å². The van der Waals surface area contributed by atoms with E-state index in [0.717, 1.165) is 12.1 Å². The van der Waals surface area contributed by atoms with Crippen LogP contribution in [0.5, 0.6) is 0 Å². The Kier molecular flexibility index (Phi) is 3.11. The molecule has 3 rings (SSSR count). The van der Waals surface area contributed by atoms with Crippen molar-refractivity contribution in [3.8, 4) is 0 Å². The van der Waals surface area contributed by atoms with Crippen molar-refractivity contribution in [1.82, 2.24) is 25.2 Å². The Labute approximate surface area is 109 Å². The minimum atomic E-state index is 0.391. The van der Waals surface area contributed by atoms with E-state index in [1.807, 2.05) is 17.9 Å². The molecule has 100 valence electrons. The highest BCUT2D eigenvalue weighted by molar-refractivity contribution is 5.07. The predicted octanol–water partition coefficient (Wildman–Crippen LogP) is 0.948. The number of nitrogens with one attached hydrogen (secondary N) is 1. The third kappa shape index (κ3) is 1.86. The number of piperidine rings is 1. The first kappa shape index (κ1) is 12.1. The predicted molar refractivity (Wildman–Crippen MR) is 70.1 cm³/mol. The molecule has 2 aliphatic rings. The van der Waals surface area contributed by atoms with Gasteiger partial charge in [0.05, 0.1) is 17.9 Å². The molecule has 3 unspecified atom stereocenters. The third-order valence-corrected chi connectivity index (χ3v) is 4.99. The minimum absolute atomic E-state index is 0.391. The SMILES string of the molecule is CNC(c1cnnn1C)C1CC2CCC(C1)N2C. The first-order chi connectivity index (χ1) is 8.70. The molecule has 0 saturated carbocycles. The molecule has 2 fully saturated rings. The van der Waals surface area contributed by atoms with Gasteiger partial charge < -0.3 is 10.2 Å². The van der Waals surface area contributed by atoms with Crippen LogP contribution in [0.4, 0.5) is 0 Å². The Bertz CT molecular complexity index is 401. The van der Waals surface area contributed by atoms with Gasteiger partial charge in [0.15, 0.2) is 0 Å². The van der Waals surface area contributed by atoms with Gasteiger partial charge in [-0.05, 0) is 45.7 Å². The van der Waals surface area contributed by atoms with Gasteiger partial charge in [-0.1, -0.05) is 5.21 Å². The lowest BCUT2D eigenvalue weighted by Gasteiger charge is -2.39. The van der Waals surface area contributed by atoms with Gasteiger partial charge in [0.1, 0.15) is 0 Å². The number of fused-ring (bicyclic) bond motifs is 2. The van der Waals surface area contributed by atoms with Crippen molar-refractivity contribution < 1.29 is 0 Å². The van der Waals surface area contributed by atoms with Gasteiger partial charge in [0, 0.05) is 19.1 Å². The van der Waals surface area contributed by atoms with Crippen molar-refractivity contribution in [2.75, 3.05) is 14.1 Å². The summed E-state index contributed by atoms with van der Waals surface area (Å²) in [6.45, 7) is 0. The Morgan fingerprint density at radius 1 is 1.28 bits per heavy atom. The normalized spacial score (nSPS) is 33.8.